The predicted octanol–water partition coefficient (Wildman–Crippen LogP) is 3.34. The van der Waals surface area contributed by atoms with E-state index in [1.807, 2.05) is 0 Å². The van der Waals surface area contributed by atoms with Crippen LogP contribution in [0.5, 0.6) is 0 Å². The first-order chi connectivity index (χ1) is 17.0. The molecule has 6 rings (SSSR count). The number of carbonyl (C=O) groups is 2. The summed E-state index contributed by atoms with van der Waals surface area (Å²) < 4.78 is 62.4. The summed E-state index contributed by atoms with van der Waals surface area (Å²) in [6.45, 7) is -1.82. The smallest absolute Gasteiger partial charge is 0.411 e. The number of hydrogen-bond donors (Lipinski definition) is 3. The lowest BCUT2D eigenvalue weighted by Crippen LogP contribution is -2.68. The number of alkyl carbamates (subject to hydrolysis) is 1. The molecule has 3 N–H and O–H groups in total. The van der Waals surface area contributed by atoms with Gasteiger partial charge in [-0.1, -0.05) is 0 Å². The zero-order valence-electron chi connectivity index (χ0n) is 19.4. The van der Waals surface area contributed by atoms with Gasteiger partial charge in [0.05, 0.1) is 12.3 Å². The fourth-order valence-corrected chi connectivity index (χ4v) is 5.21. The number of H-pyrrole nitrogens is 1. The van der Waals surface area contributed by atoms with Crippen molar-refractivity contribution in [3.63, 3.8) is 0 Å². The summed E-state index contributed by atoms with van der Waals surface area (Å²) in [5.74, 6) is 0.0287. The lowest BCUT2D eigenvalue weighted by atomic mass is 9.50. The number of hydrogen-bond acceptors (Lipinski definition) is 6. The molecule has 10 nitrogen and oxygen atoms in total. The van der Waals surface area contributed by atoms with Crippen LogP contribution in [0.25, 0.3) is 0 Å². The first kappa shape index (κ1) is 24.5. The number of nitrogens with zero attached hydrogens (tertiary/aromatic N) is 3. The molecule has 0 aromatic carbocycles. The van der Waals surface area contributed by atoms with Crippen molar-refractivity contribution < 1.29 is 36.6 Å². The summed E-state index contributed by atoms with van der Waals surface area (Å²) in [5.41, 5.74) is 0.703. The summed E-state index contributed by atoms with van der Waals surface area (Å²) in [6.07, 6.45) is -3.92. The fraction of sp³-hybridized carbons (Fsp3) is 0.636. The number of halogens is 4. The van der Waals surface area contributed by atoms with E-state index in [0.717, 1.165) is 19.3 Å². The van der Waals surface area contributed by atoms with Gasteiger partial charge in [-0.15, -0.1) is 0 Å². The van der Waals surface area contributed by atoms with Crippen molar-refractivity contribution in [2.24, 2.45) is 13.0 Å². The molecule has 196 valence electrons. The van der Waals surface area contributed by atoms with Gasteiger partial charge in [0.25, 0.3) is 5.91 Å². The molecule has 4 aliphatic carbocycles. The number of aromatic nitrogens is 4. The van der Waals surface area contributed by atoms with Gasteiger partial charge < -0.3 is 20.1 Å². The fourth-order valence-electron chi connectivity index (χ4n) is 5.21. The highest BCUT2D eigenvalue weighted by Crippen LogP contribution is 2.57. The van der Waals surface area contributed by atoms with Crippen LogP contribution in [0.3, 0.4) is 0 Å². The SMILES string of the molecule is Cn1nc(COCC(F)(F)F)cc1C(=O)Nc1cc([C@@H]2C[C@@H](F)[C@@H](OC(=O)NC34CC(C3)C4)C2)[nH]n1. The molecule has 4 aliphatic rings. The molecular weight excluding hydrogens is 488 g/mol. The highest BCUT2D eigenvalue weighted by atomic mass is 19.4. The van der Waals surface area contributed by atoms with Crippen LogP contribution in [-0.2, 0) is 23.1 Å². The molecule has 4 fully saturated rings. The number of amides is 2. The zero-order valence-corrected chi connectivity index (χ0v) is 19.4. The van der Waals surface area contributed by atoms with Crippen molar-refractivity contribution in [1.82, 2.24) is 25.3 Å². The second-order valence-corrected chi connectivity index (χ2v) is 9.93. The lowest BCUT2D eigenvalue weighted by molar-refractivity contribution is -0.176. The minimum absolute atomic E-state index is 0.0954. The molecule has 0 aliphatic heterocycles. The zero-order chi connectivity index (χ0) is 25.7. The van der Waals surface area contributed by atoms with E-state index in [0.29, 0.717) is 11.6 Å². The number of carbonyl (C=O) groups excluding carboxylic acids is 2. The van der Waals surface area contributed by atoms with E-state index in [9.17, 15) is 27.2 Å². The van der Waals surface area contributed by atoms with E-state index in [2.05, 4.69) is 30.7 Å². The molecule has 0 radical (unpaired) electrons. The summed E-state index contributed by atoms with van der Waals surface area (Å²) in [7, 11) is 1.47. The van der Waals surface area contributed by atoms with Crippen molar-refractivity contribution in [3.05, 3.63) is 29.2 Å². The molecule has 0 saturated heterocycles. The summed E-state index contributed by atoms with van der Waals surface area (Å²) in [5, 5.41) is 16.3. The van der Waals surface area contributed by atoms with Crippen LogP contribution in [0.15, 0.2) is 12.1 Å². The van der Waals surface area contributed by atoms with Gasteiger partial charge >= 0.3 is 12.3 Å². The van der Waals surface area contributed by atoms with Gasteiger partial charge in [-0.25, -0.2) is 9.18 Å². The molecule has 2 aromatic rings. The second kappa shape index (κ2) is 9.05. The number of ether oxygens (including phenoxy) is 2. The van der Waals surface area contributed by atoms with Gasteiger partial charge in [-0.3, -0.25) is 14.6 Å². The van der Waals surface area contributed by atoms with Crippen molar-refractivity contribution in [2.45, 2.75) is 68.6 Å². The molecule has 2 amide bonds. The van der Waals surface area contributed by atoms with Gasteiger partial charge in [-0.2, -0.15) is 23.4 Å². The predicted molar refractivity (Wildman–Crippen MR) is 116 cm³/mol. The summed E-state index contributed by atoms with van der Waals surface area (Å²) in [6, 6.07) is 2.90. The van der Waals surface area contributed by atoms with Crippen LogP contribution in [-0.4, -0.2) is 62.6 Å². The lowest BCUT2D eigenvalue weighted by Gasteiger charge is -2.61. The number of rotatable bonds is 8. The van der Waals surface area contributed by atoms with Crippen LogP contribution in [0.1, 0.15) is 59.9 Å². The molecule has 3 atom stereocenters. The minimum atomic E-state index is -4.46. The quantitative estimate of drug-likeness (QED) is 0.465. The van der Waals surface area contributed by atoms with Gasteiger partial charge in [0.2, 0.25) is 0 Å². The Morgan fingerprint density at radius 3 is 2.67 bits per heavy atom. The van der Waals surface area contributed by atoms with E-state index < -0.39 is 43.7 Å². The third-order valence-electron chi connectivity index (χ3n) is 7.05. The molecule has 2 heterocycles. The first-order valence-corrected chi connectivity index (χ1v) is 11.7. The first-order valence-electron chi connectivity index (χ1n) is 11.7. The monoisotopic (exact) mass is 514 g/mol. The maximum atomic E-state index is 14.6. The number of nitrogens with one attached hydrogen (secondary N) is 3. The van der Waals surface area contributed by atoms with E-state index in [1.165, 1.54) is 17.8 Å². The number of alkyl halides is 4. The molecule has 2 aromatic heterocycles. The Morgan fingerprint density at radius 2 is 2.00 bits per heavy atom. The molecule has 0 spiro atoms. The maximum Gasteiger partial charge on any atom is 0.411 e. The Balaban J connectivity index is 1.13. The molecule has 14 heteroatoms. The van der Waals surface area contributed by atoms with Crippen molar-refractivity contribution in [1.29, 1.82) is 0 Å². The highest BCUT2D eigenvalue weighted by molar-refractivity contribution is 6.02. The van der Waals surface area contributed by atoms with Gasteiger partial charge in [0.1, 0.15) is 24.6 Å². The normalized spacial score (nSPS) is 28.8. The summed E-state index contributed by atoms with van der Waals surface area (Å²) >= 11 is 0. The standard InChI is InChI=1S/C22H26F4N6O4/c1-32-16(4-13(31-32)9-35-10-22(24,25)26)19(33)27-18-5-15(29-30-18)12-2-14(23)17(3-12)36-20(34)28-21-6-11(7-21)8-21/h4-5,11-12,14,17H,2-3,6-10H2,1H3,(H,28,34)(H2,27,29,30,33)/t11?,12-,14-,17+,21?/m1/s1. The molecule has 36 heavy (non-hydrogen) atoms. The topological polar surface area (TPSA) is 123 Å². The molecule has 2 bridgehead atoms. The van der Waals surface area contributed by atoms with Crippen LogP contribution in [0.4, 0.5) is 28.2 Å². The van der Waals surface area contributed by atoms with E-state index >= 15 is 0 Å². The Bertz CT molecular complexity index is 1130. The number of anilines is 1. The number of aromatic amines is 1. The van der Waals surface area contributed by atoms with Gasteiger partial charge in [-0.05, 0) is 44.1 Å². The average Bonchev–Trinajstić information content (AvgIpc) is 3.42. The third-order valence-corrected chi connectivity index (χ3v) is 7.05. The van der Waals surface area contributed by atoms with Gasteiger partial charge in [0, 0.05) is 30.3 Å². The van der Waals surface area contributed by atoms with Crippen molar-refractivity contribution in [3.8, 4) is 0 Å². The van der Waals surface area contributed by atoms with Crippen LogP contribution in [0, 0.1) is 5.92 Å². The van der Waals surface area contributed by atoms with E-state index in [4.69, 9.17) is 4.74 Å². The third kappa shape index (κ3) is 5.18. The number of aryl methyl sites for hydroxylation is 1. The second-order valence-electron chi connectivity index (χ2n) is 9.93. The van der Waals surface area contributed by atoms with Crippen LogP contribution < -0.4 is 10.6 Å². The van der Waals surface area contributed by atoms with E-state index in [-0.39, 0.29) is 41.5 Å². The largest absolute Gasteiger partial charge is 0.443 e. The summed E-state index contributed by atoms with van der Waals surface area (Å²) in [4.78, 5) is 24.8. The van der Waals surface area contributed by atoms with E-state index in [1.54, 1.807) is 6.07 Å². The Morgan fingerprint density at radius 1 is 1.25 bits per heavy atom. The van der Waals surface area contributed by atoms with Crippen molar-refractivity contribution in [2.75, 3.05) is 11.9 Å². The van der Waals surface area contributed by atoms with Crippen molar-refractivity contribution >= 4 is 17.8 Å². The minimum Gasteiger partial charge on any atom is -0.443 e. The molecule has 0 unspecified atom stereocenters. The van der Waals surface area contributed by atoms with Crippen LogP contribution >= 0.6 is 0 Å². The highest BCUT2D eigenvalue weighted by Gasteiger charge is 2.58. The Kier molecular flexibility index (Phi) is 6.17. The molecule has 4 saturated carbocycles. The Labute approximate surface area is 203 Å². The maximum absolute atomic E-state index is 14.6. The average molecular weight is 514 g/mol. The molecular formula is C22H26F4N6O4. The van der Waals surface area contributed by atoms with Crippen LogP contribution in [0.2, 0.25) is 0 Å². The van der Waals surface area contributed by atoms with Gasteiger partial charge in [0.15, 0.2) is 5.82 Å². The Hall–Kier alpha value is -3.16.